The standard InChI is InChI=1S/C32H33ClF2N6O3/c1-4-27(42)40-16-19(2)39(17-22(40)15-36-3)31-24-14-25(33)28(23-9-8-20(34)13-26(23)35)30-29(24)41(32(43)37-31)21(18-44-30)7-5-10-38-11-6-12-38/h4,8-9,13-14,19,21-22H,1,5-7,10-12,15-18H2,2H3/t19?,21?,22-/m0/s1. The van der Waals surface area contributed by atoms with Gasteiger partial charge in [0, 0.05) is 41.7 Å². The molecule has 3 atom stereocenters. The van der Waals surface area contributed by atoms with Crippen molar-refractivity contribution in [1.82, 2.24) is 19.4 Å². The minimum Gasteiger partial charge on any atom is -0.488 e. The molecule has 9 nitrogen and oxygen atoms in total. The van der Waals surface area contributed by atoms with Gasteiger partial charge < -0.3 is 24.3 Å². The lowest BCUT2D eigenvalue weighted by molar-refractivity contribution is -0.128. The number of amides is 1. The van der Waals surface area contributed by atoms with Crippen LogP contribution in [0.15, 0.2) is 41.7 Å². The summed E-state index contributed by atoms with van der Waals surface area (Å²) < 4.78 is 37.0. The molecular formula is C32H33ClF2N6O3. The number of ether oxygens (including phenoxy) is 1. The number of halogens is 3. The molecule has 0 N–H and O–H groups in total. The number of likely N-dealkylation sites (tertiary alicyclic amines) is 1. The minimum absolute atomic E-state index is 0.0592. The second-order valence-electron chi connectivity index (χ2n) is 11.7. The molecule has 3 aliphatic heterocycles. The van der Waals surface area contributed by atoms with Gasteiger partial charge in [-0.2, -0.15) is 4.98 Å². The van der Waals surface area contributed by atoms with Crippen molar-refractivity contribution >= 4 is 34.2 Å². The number of rotatable bonds is 8. The lowest BCUT2D eigenvalue weighted by atomic mass is 9.98. The summed E-state index contributed by atoms with van der Waals surface area (Å²) in [6, 6.07) is 3.89. The molecule has 1 amide bonds. The van der Waals surface area contributed by atoms with Crippen LogP contribution < -0.4 is 15.3 Å². The average molecular weight is 623 g/mol. The van der Waals surface area contributed by atoms with Gasteiger partial charge in [0.2, 0.25) is 12.5 Å². The highest BCUT2D eigenvalue weighted by molar-refractivity contribution is 6.35. The van der Waals surface area contributed by atoms with Gasteiger partial charge in [0.05, 0.1) is 16.6 Å². The summed E-state index contributed by atoms with van der Waals surface area (Å²) in [6.07, 6.45) is 3.98. The Hall–Kier alpha value is -4.01. The number of benzene rings is 2. The Bertz CT molecular complexity index is 1740. The second kappa shape index (κ2) is 12.2. The third kappa shape index (κ3) is 5.30. The zero-order chi connectivity index (χ0) is 31.1. The summed E-state index contributed by atoms with van der Waals surface area (Å²) in [6.45, 7) is 16.9. The predicted octanol–water partition coefficient (Wildman–Crippen LogP) is 4.93. The Labute approximate surface area is 259 Å². The summed E-state index contributed by atoms with van der Waals surface area (Å²) in [5.41, 5.74) is 0.268. The van der Waals surface area contributed by atoms with E-state index in [1.165, 1.54) is 18.6 Å². The van der Waals surface area contributed by atoms with E-state index >= 15 is 4.39 Å². The lowest BCUT2D eigenvalue weighted by Crippen LogP contribution is -2.60. The molecule has 4 heterocycles. The fourth-order valence-electron chi connectivity index (χ4n) is 6.57. The molecule has 3 aromatic rings. The van der Waals surface area contributed by atoms with Gasteiger partial charge in [-0.05, 0) is 70.1 Å². The Morgan fingerprint density at radius 1 is 1.25 bits per heavy atom. The maximum atomic E-state index is 15.1. The number of anilines is 1. The molecule has 0 radical (unpaired) electrons. The summed E-state index contributed by atoms with van der Waals surface area (Å²) in [5, 5.41) is 0.702. The Balaban J connectivity index is 1.51. The molecule has 0 bridgehead atoms. The van der Waals surface area contributed by atoms with Gasteiger partial charge in [-0.25, -0.2) is 20.1 Å². The van der Waals surface area contributed by atoms with Crippen molar-refractivity contribution in [2.75, 3.05) is 50.8 Å². The van der Waals surface area contributed by atoms with E-state index in [1.54, 1.807) is 15.5 Å². The normalized spacial score (nSPS) is 21.5. The summed E-state index contributed by atoms with van der Waals surface area (Å²) >= 11 is 6.85. The van der Waals surface area contributed by atoms with Crippen LogP contribution in [0.2, 0.25) is 5.02 Å². The minimum atomic E-state index is -0.801. The van der Waals surface area contributed by atoms with E-state index < -0.39 is 23.4 Å². The van der Waals surface area contributed by atoms with Crippen molar-refractivity contribution < 1.29 is 18.3 Å². The first-order valence-electron chi connectivity index (χ1n) is 14.8. The molecule has 1 aromatic heterocycles. The Kier molecular flexibility index (Phi) is 8.31. The van der Waals surface area contributed by atoms with E-state index in [-0.39, 0.29) is 59.6 Å². The van der Waals surface area contributed by atoms with Gasteiger partial charge in [-0.1, -0.05) is 18.2 Å². The number of aromatic nitrogens is 2. The molecule has 2 unspecified atom stereocenters. The zero-order valence-electron chi connectivity index (χ0n) is 24.4. The number of carbonyl (C=O) groups is 1. The first kappa shape index (κ1) is 30.0. The SMILES string of the molecule is [C-]#[N+]C[C@H]1CN(c2nc(=O)n3c4c(c(-c5ccc(F)cc5F)c(Cl)cc24)OCC3CCCN2CCC2)C(C)CN1C(=O)C=C. The molecule has 12 heteroatoms. The molecular weight excluding hydrogens is 590 g/mol. The predicted molar refractivity (Wildman–Crippen MR) is 165 cm³/mol. The highest BCUT2D eigenvalue weighted by atomic mass is 35.5. The van der Waals surface area contributed by atoms with Crippen LogP contribution in [-0.2, 0) is 4.79 Å². The monoisotopic (exact) mass is 622 g/mol. The van der Waals surface area contributed by atoms with E-state index in [4.69, 9.17) is 22.9 Å². The van der Waals surface area contributed by atoms with Crippen LogP contribution in [0.5, 0.6) is 5.75 Å². The molecule has 230 valence electrons. The Morgan fingerprint density at radius 2 is 2.05 bits per heavy atom. The molecule has 0 aliphatic carbocycles. The van der Waals surface area contributed by atoms with Crippen molar-refractivity contribution in [2.24, 2.45) is 0 Å². The molecule has 6 rings (SSSR count). The molecule has 2 saturated heterocycles. The van der Waals surface area contributed by atoms with Crippen molar-refractivity contribution in [1.29, 1.82) is 0 Å². The van der Waals surface area contributed by atoms with Crippen LogP contribution >= 0.6 is 11.6 Å². The van der Waals surface area contributed by atoms with E-state index in [9.17, 15) is 14.0 Å². The topological polar surface area (TPSA) is 75.3 Å². The third-order valence-corrected chi connectivity index (χ3v) is 9.21. The molecule has 2 fully saturated rings. The largest absolute Gasteiger partial charge is 0.488 e. The van der Waals surface area contributed by atoms with E-state index in [0.29, 0.717) is 29.7 Å². The maximum Gasteiger partial charge on any atom is 0.350 e. The number of nitrogens with zero attached hydrogens (tertiary/aromatic N) is 6. The van der Waals surface area contributed by atoms with Crippen molar-refractivity contribution in [3.05, 3.63) is 75.5 Å². The quantitative estimate of drug-likeness (QED) is 0.262. The fraction of sp³-hybridized carbons (Fsp3) is 0.438. The number of piperazine rings is 1. The van der Waals surface area contributed by atoms with Crippen LogP contribution in [0.3, 0.4) is 0 Å². The lowest BCUT2D eigenvalue weighted by Gasteiger charge is -2.44. The summed E-state index contributed by atoms with van der Waals surface area (Å²) in [7, 11) is 0. The molecule has 3 aliphatic rings. The van der Waals surface area contributed by atoms with Crippen molar-refractivity contribution in [3.63, 3.8) is 0 Å². The zero-order valence-corrected chi connectivity index (χ0v) is 25.2. The fourth-order valence-corrected chi connectivity index (χ4v) is 6.87. The highest BCUT2D eigenvalue weighted by Gasteiger charge is 2.38. The van der Waals surface area contributed by atoms with Crippen molar-refractivity contribution in [2.45, 2.75) is 44.3 Å². The van der Waals surface area contributed by atoms with Crippen LogP contribution in [0.4, 0.5) is 14.6 Å². The van der Waals surface area contributed by atoms with E-state index in [2.05, 4.69) is 21.3 Å². The van der Waals surface area contributed by atoms with Gasteiger partial charge in [0.15, 0.2) is 5.75 Å². The highest BCUT2D eigenvalue weighted by Crippen LogP contribution is 2.47. The molecule has 0 spiro atoms. The molecule has 0 saturated carbocycles. The maximum absolute atomic E-state index is 15.1. The van der Waals surface area contributed by atoms with E-state index in [0.717, 1.165) is 38.2 Å². The first-order valence-corrected chi connectivity index (χ1v) is 15.2. The van der Waals surface area contributed by atoms with Gasteiger partial charge in [-0.15, -0.1) is 0 Å². The number of hydrogen-bond acceptors (Lipinski definition) is 6. The van der Waals surface area contributed by atoms with Gasteiger partial charge >= 0.3 is 5.69 Å². The second-order valence-corrected chi connectivity index (χ2v) is 12.1. The first-order chi connectivity index (χ1) is 21.2. The Morgan fingerprint density at radius 3 is 2.73 bits per heavy atom. The third-order valence-electron chi connectivity index (χ3n) is 8.92. The number of hydrogen-bond donors (Lipinski definition) is 0. The van der Waals surface area contributed by atoms with Gasteiger partial charge in [0.1, 0.15) is 30.1 Å². The molecule has 2 aromatic carbocycles. The van der Waals surface area contributed by atoms with Crippen molar-refractivity contribution in [3.8, 4) is 16.9 Å². The van der Waals surface area contributed by atoms with Crippen LogP contribution in [0.1, 0.15) is 32.2 Å². The van der Waals surface area contributed by atoms with Gasteiger partial charge in [-0.3, -0.25) is 9.36 Å². The summed E-state index contributed by atoms with van der Waals surface area (Å²) in [4.78, 5) is 40.6. The van der Waals surface area contributed by atoms with Crippen LogP contribution in [0.25, 0.3) is 26.9 Å². The summed E-state index contributed by atoms with van der Waals surface area (Å²) in [5.74, 6) is -1.19. The van der Waals surface area contributed by atoms with Crippen LogP contribution in [-0.4, -0.2) is 83.2 Å². The van der Waals surface area contributed by atoms with Gasteiger partial charge in [0.25, 0.3) is 0 Å². The number of carbonyl (C=O) groups excluding carboxylic acids is 1. The average Bonchev–Trinajstić information content (AvgIpc) is 2.97. The van der Waals surface area contributed by atoms with E-state index in [1.807, 2.05) is 11.8 Å². The molecule has 44 heavy (non-hydrogen) atoms. The van der Waals surface area contributed by atoms with Crippen LogP contribution in [0, 0.1) is 18.2 Å². The smallest absolute Gasteiger partial charge is 0.350 e.